The molecule has 1 aliphatic heterocycles. The lowest BCUT2D eigenvalue weighted by atomic mass is 10.1. The molecule has 1 saturated heterocycles. The lowest BCUT2D eigenvalue weighted by molar-refractivity contribution is -0.132. The summed E-state index contributed by atoms with van der Waals surface area (Å²) in [5.74, 6) is 0.377. The average molecular weight is 396 g/mol. The number of hydrogen-bond donors (Lipinski definition) is 1. The van der Waals surface area contributed by atoms with E-state index in [4.69, 9.17) is 4.74 Å². The number of β-amino-alcohol motifs (C(OH)–C–C–N with tert-alkyl or cyclic N) is 1. The van der Waals surface area contributed by atoms with E-state index in [-0.39, 0.29) is 37.6 Å². The van der Waals surface area contributed by atoms with Gasteiger partial charge in [0.15, 0.2) is 0 Å². The molecular weight excluding hydrogens is 368 g/mol. The molecule has 2 atom stereocenters. The normalized spacial score (nSPS) is 16.7. The Hall–Kier alpha value is -2.86. The van der Waals surface area contributed by atoms with E-state index in [9.17, 15) is 14.7 Å². The van der Waals surface area contributed by atoms with Gasteiger partial charge < -0.3 is 14.7 Å². The fourth-order valence-electron chi connectivity index (χ4n) is 3.35. The number of carbonyl (C=O) groups excluding carboxylic acids is 2. The summed E-state index contributed by atoms with van der Waals surface area (Å²) in [6.07, 6.45) is 0.150. The van der Waals surface area contributed by atoms with Crippen LogP contribution in [0.1, 0.15) is 26.7 Å². The van der Waals surface area contributed by atoms with Crippen molar-refractivity contribution < 1.29 is 19.4 Å². The number of aliphatic hydroxyl groups is 1. The van der Waals surface area contributed by atoms with Crippen LogP contribution < -0.4 is 4.74 Å². The second-order valence-electron chi connectivity index (χ2n) is 7.34. The summed E-state index contributed by atoms with van der Waals surface area (Å²) in [5, 5.41) is 10.3. The van der Waals surface area contributed by atoms with Gasteiger partial charge in [-0.1, -0.05) is 49.4 Å². The molecule has 1 aliphatic rings. The van der Waals surface area contributed by atoms with Crippen LogP contribution >= 0.6 is 0 Å². The maximum atomic E-state index is 12.6. The number of rotatable bonds is 8. The third-order valence-electron chi connectivity index (χ3n) is 5.26. The molecule has 1 heterocycles. The molecule has 154 valence electrons. The molecule has 0 aliphatic carbocycles. The van der Waals surface area contributed by atoms with Crippen molar-refractivity contribution in [1.29, 1.82) is 0 Å². The predicted octanol–water partition coefficient (Wildman–Crippen LogP) is 3.55. The van der Waals surface area contributed by atoms with Crippen molar-refractivity contribution in [3.05, 3.63) is 54.6 Å². The Morgan fingerprint density at radius 3 is 2.34 bits per heavy atom. The highest BCUT2D eigenvalue weighted by Gasteiger charge is 2.35. The second kappa shape index (κ2) is 9.56. The lowest BCUT2D eigenvalue weighted by Gasteiger charge is -2.38. The molecule has 3 amide bonds. The molecule has 6 heteroatoms. The Morgan fingerprint density at radius 1 is 1.03 bits per heavy atom. The van der Waals surface area contributed by atoms with Crippen LogP contribution in [0.2, 0.25) is 0 Å². The number of urea groups is 1. The van der Waals surface area contributed by atoms with Crippen LogP contribution in [0.25, 0.3) is 11.1 Å². The zero-order chi connectivity index (χ0) is 20.8. The molecule has 1 fully saturated rings. The van der Waals surface area contributed by atoms with Crippen LogP contribution in [-0.4, -0.2) is 58.7 Å². The Morgan fingerprint density at radius 2 is 1.69 bits per heavy atom. The number of ether oxygens (including phenoxy) is 1. The number of nitrogens with zero attached hydrogens (tertiary/aromatic N) is 2. The number of amides is 3. The van der Waals surface area contributed by atoms with E-state index in [0.717, 1.165) is 22.4 Å². The van der Waals surface area contributed by atoms with Crippen molar-refractivity contribution in [2.75, 3.05) is 19.7 Å². The number of imide groups is 1. The Labute approximate surface area is 171 Å². The highest BCUT2D eigenvalue weighted by Crippen LogP contribution is 2.22. The molecule has 0 bridgehead atoms. The van der Waals surface area contributed by atoms with Crippen LogP contribution in [0.15, 0.2) is 54.6 Å². The highest BCUT2D eigenvalue weighted by molar-refractivity contribution is 5.97. The van der Waals surface area contributed by atoms with Gasteiger partial charge in [-0.05, 0) is 36.6 Å². The molecule has 2 aromatic carbocycles. The monoisotopic (exact) mass is 396 g/mol. The molecule has 0 radical (unpaired) electrons. The molecule has 3 rings (SSSR count). The van der Waals surface area contributed by atoms with Crippen molar-refractivity contribution in [2.45, 2.75) is 38.8 Å². The van der Waals surface area contributed by atoms with Crippen molar-refractivity contribution >= 4 is 11.9 Å². The van der Waals surface area contributed by atoms with Crippen molar-refractivity contribution in [2.24, 2.45) is 0 Å². The van der Waals surface area contributed by atoms with E-state index < -0.39 is 6.10 Å². The third-order valence-corrected chi connectivity index (χ3v) is 5.26. The summed E-state index contributed by atoms with van der Waals surface area (Å²) in [7, 11) is 0. The summed E-state index contributed by atoms with van der Waals surface area (Å²) in [5.41, 5.74) is 2.19. The summed E-state index contributed by atoms with van der Waals surface area (Å²) >= 11 is 0. The number of aliphatic hydroxyl groups excluding tert-OH is 1. The smallest absolute Gasteiger partial charge is 0.327 e. The first-order chi connectivity index (χ1) is 14.0. The largest absolute Gasteiger partial charge is 0.491 e. The molecule has 2 unspecified atom stereocenters. The highest BCUT2D eigenvalue weighted by atomic mass is 16.5. The van der Waals surface area contributed by atoms with Gasteiger partial charge in [0.25, 0.3) is 0 Å². The maximum Gasteiger partial charge on any atom is 0.327 e. The summed E-state index contributed by atoms with van der Waals surface area (Å²) in [4.78, 5) is 27.6. The van der Waals surface area contributed by atoms with E-state index in [1.165, 1.54) is 0 Å². The molecule has 0 saturated carbocycles. The van der Waals surface area contributed by atoms with Crippen molar-refractivity contribution in [3.8, 4) is 16.9 Å². The lowest BCUT2D eigenvalue weighted by Crippen LogP contribution is -2.56. The number of benzene rings is 2. The predicted molar refractivity (Wildman–Crippen MR) is 112 cm³/mol. The van der Waals surface area contributed by atoms with Gasteiger partial charge in [0.1, 0.15) is 18.5 Å². The summed E-state index contributed by atoms with van der Waals surface area (Å²) in [6.45, 7) is 4.34. The van der Waals surface area contributed by atoms with E-state index in [2.05, 4.69) is 0 Å². The van der Waals surface area contributed by atoms with Crippen LogP contribution in [0, 0.1) is 0 Å². The summed E-state index contributed by atoms with van der Waals surface area (Å²) in [6, 6.07) is 17.4. The van der Waals surface area contributed by atoms with E-state index in [1.807, 2.05) is 68.4 Å². The van der Waals surface area contributed by atoms with Gasteiger partial charge >= 0.3 is 6.03 Å². The van der Waals surface area contributed by atoms with Gasteiger partial charge in [0.05, 0.1) is 6.54 Å². The molecule has 2 aromatic rings. The minimum absolute atomic E-state index is 0.00503. The van der Waals surface area contributed by atoms with Gasteiger partial charge in [-0.2, -0.15) is 0 Å². The van der Waals surface area contributed by atoms with E-state index in [1.54, 1.807) is 4.90 Å². The van der Waals surface area contributed by atoms with Gasteiger partial charge in [0.2, 0.25) is 5.91 Å². The molecular formula is C23H28N2O4. The zero-order valence-corrected chi connectivity index (χ0v) is 17.0. The van der Waals surface area contributed by atoms with Gasteiger partial charge in [-0.3, -0.25) is 9.69 Å². The maximum absolute atomic E-state index is 12.6. The van der Waals surface area contributed by atoms with Crippen molar-refractivity contribution in [1.82, 2.24) is 9.80 Å². The molecule has 6 nitrogen and oxygen atoms in total. The van der Waals surface area contributed by atoms with Gasteiger partial charge in [-0.15, -0.1) is 0 Å². The van der Waals surface area contributed by atoms with E-state index in [0.29, 0.717) is 12.3 Å². The van der Waals surface area contributed by atoms with Crippen LogP contribution in [0.3, 0.4) is 0 Å². The van der Waals surface area contributed by atoms with E-state index >= 15 is 0 Å². The number of carbonyl (C=O) groups is 2. The topological polar surface area (TPSA) is 70.1 Å². The first-order valence-electron chi connectivity index (χ1n) is 10.1. The minimum Gasteiger partial charge on any atom is -0.491 e. The quantitative estimate of drug-likeness (QED) is 0.741. The first kappa shape index (κ1) is 20.9. The average Bonchev–Trinajstić information content (AvgIpc) is 2.75. The molecule has 0 aromatic heterocycles. The summed E-state index contributed by atoms with van der Waals surface area (Å²) < 4.78 is 5.65. The Kier molecular flexibility index (Phi) is 6.88. The Balaban J connectivity index is 1.54. The fourth-order valence-corrected chi connectivity index (χ4v) is 3.35. The van der Waals surface area contributed by atoms with Crippen LogP contribution in [0.5, 0.6) is 5.75 Å². The molecule has 1 N–H and O–H groups in total. The second-order valence-corrected chi connectivity index (χ2v) is 7.34. The SMILES string of the molecule is CCC(C)N1CCC(=O)N(CC(O)COc2ccc(-c3ccccc3)cc2)C1=O. The van der Waals surface area contributed by atoms with Crippen LogP contribution in [0.4, 0.5) is 4.79 Å². The van der Waals surface area contributed by atoms with Crippen molar-refractivity contribution in [3.63, 3.8) is 0 Å². The number of hydrogen-bond acceptors (Lipinski definition) is 4. The molecule has 29 heavy (non-hydrogen) atoms. The minimum atomic E-state index is -0.950. The third kappa shape index (κ3) is 5.15. The standard InChI is InChI=1S/C23H28N2O4/c1-3-17(2)24-14-13-22(27)25(23(24)28)15-20(26)16-29-21-11-9-19(10-12-21)18-7-5-4-6-8-18/h4-12,17,20,26H,3,13-16H2,1-2H3. The zero-order valence-electron chi connectivity index (χ0n) is 17.0. The van der Waals surface area contributed by atoms with Gasteiger partial charge in [-0.25, -0.2) is 4.79 Å². The fraction of sp³-hybridized carbons (Fsp3) is 0.391. The van der Waals surface area contributed by atoms with Gasteiger partial charge in [0, 0.05) is 19.0 Å². The molecule has 0 spiro atoms. The Bertz CT molecular complexity index is 823. The van der Waals surface area contributed by atoms with Crippen LogP contribution in [-0.2, 0) is 4.79 Å². The first-order valence-corrected chi connectivity index (χ1v) is 10.1.